The number of nitrogens with one attached hydrogen (secondary N) is 2. The van der Waals surface area contributed by atoms with E-state index in [9.17, 15) is 0 Å². The molecule has 0 heterocycles. The highest BCUT2D eigenvalue weighted by Crippen LogP contribution is 2.01. The molecule has 0 saturated heterocycles. The van der Waals surface area contributed by atoms with Gasteiger partial charge < -0.3 is 15.4 Å². The third-order valence-electron chi connectivity index (χ3n) is 2.77. The van der Waals surface area contributed by atoms with Crippen molar-refractivity contribution in [1.29, 1.82) is 0 Å². The number of hydrogen-bond donors (Lipinski definition) is 2. The predicted molar refractivity (Wildman–Crippen MR) is 85.0 cm³/mol. The molecule has 0 unspecified atom stereocenters. The highest BCUT2D eigenvalue weighted by atomic mass is 16.5. The monoisotopic (exact) mass is 277 g/mol. The normalized spacial score (nSPS) is 10.1. The molecular weight excluding hydrogens is 250 g/mol. The van der Waals surface area contributed by atoms with Crippen LogP contribution in [0.4, 0.5) is 0 Å². The molecule has 0 aliphatic heterocycles. The zero-order valence-corrected chi connectivity index (χ0v) is 12.7. The quantitative estimate of drug-likeness (QED) is 0.414. The Kier molecular flexibility index (Phi) is 9.32. The molecule has 0 fully saturated rings. The van der Waals surface area contributed by atoms with Gasteiger partial charge in [0.15, 0.2) is 5.96 Å². The Morgan fingerprint density at radius 2 is 1.75 bits per heavy atom. The molecule has 0 radical (unpaired) electrons. The van der Waals surface area contributed by atoms with Gasteiger partial charge in [-0.05, 0) is 32.3 Å². The average Bonchev–Trinajstić information content (AvgIpc) is 2.47. The molecule has 1 aromatic rings. The first-order chi connectivity index (χ1) is 9.86. The van der Waals surface area contributed by atoms with Crippen LogP contribution in [-0.4, -0.2) is 32.2 Å². The SMILES string of the molecule is CCNC(=NCCCCOCc1ccccc1)NCC. The maximum absolute atomic E-state index is 5.64. The third-order valence-corrected chi connectivity index (χ3v) is 2.77. The molecule has 0 aliphatic carbocycles. The summed E-state index contributed by atoms with van der Waals surface area (Å²) in [4.78, 5) is 4.50. The lowest BCUT2D eigenvalue weighted by Crippen LogP contribution is -2.37. The van der Waals surface area contributed by atoms with E-state index in [1.807, 2.05) is 18.2 Å². The summed E-state index contributed by atoms with van der Waals surface area (Å²) in [5.41, 5.74) is 1.23. The minimum absolute atomic E-state index is 0.699. The van der Waals surface area contributed by atoms with Crippen molar-refractivity contribution in [3.8, 4) is 0 Å². The molecule has 4 nitrogen and oxygen atoms in total. The summed E-state index contributed by atoms with van der Waals surface area (Å²) >= 11 is 0. The molecule has 0 spiro atoms. The molecule has 4 heteroatoms. The van der Waals surface area contributed by atoms with Gasteiger partial charge in [0.25, 0.3) is 0 Å². The zero-order valence-electron chi connectivity index (χ0n) is 12.7. The second-order valence-corrected chi connectivity index (χ2v) is 4.54. The van der Waals surface area contributed by atoms with E-state index in [4.69, 9.17) is 4.74 Å². The fourth-order valence-corrected chi connectivity index (χ4v) is 1.78. The average molecular weight is 277 g/mol. The van der Waals surface area contributed by atoms with E-state index in [-0.39, 0.29) is 0 Å². The van der Waals surface area contributed by atoms with Crippen LogP contribution < -0.4 is 10.6 Å². The summed E-state index contributed by atoms with van der Waals surface area (Å²) in [5.74, 6) is 0.903. The lowest BCUT2D eigenvalue weighted by atomic mass is 10.2. The number of nitrogens with zero attached hydrogens (tertiary/aromatic N) is 1. The summed E-state index contributed by atoms with van der Waals surface area (Å²) < 4.78 is 5.64. The van der Waals surface area contributed by atoms with Gasteiger partial charge in [-0.25, -0.2) is 0 Å². The Bertz CT molecular complexity index is 357. The van der Waals surface area contributed by atoms with Crippen molar-refractivity contribution < 1.29 is 4.74 Å². The standard InChI is InChI=1S/C16H27N3O/c1-3-17-16(18-4-2)19-12-8-9-13-20-14-15-10-6-5-7-11-15/h5-7,10-11H,3-4,8-9,12-14H2,1-2H3,(H2,17,18,19). The fraction of sp³-hybridized carbons (Fsp3) is 0.562. The number of ether oxygens (including phenoxy) is 1. The summed E-state index contributed by atoms with van der Waals surface area (Å²) in [6.07, 6.45) is 2.09. The predicted octanol–water partition coefficient (Wildman–Crippen LogP) is 2.56. The first kappa shape index (κ1) is 16.5. The van der Waals surface area contributed by atoms with Crippen molar-refractivity contribution in [2.45, 2.75) is 33.3 Å². The van der Waals surface area contributed by atoms with Crippen molar-refractivity contribution in [2.24, 2.45) is 4.99 Å². The summed E-state index contributed by atoms with van der Waals surface area (Å²) in [6.45, 7) is 8.27. The van der Waals surface area contributed by atoms with Gasteiger partial charge in [-0.1, -0.05) is 30.3 Å². The highest BCUT2D eigenvalue weighted by Gasteiger charge is 1.95. The molecule has 0 saturated carbocycles. The fourth-order valence-electron chi connectivity index (χ4n) is 1.78. The molecule has 0 aromatic heterocycles. The Morgan fingerprint density at radius 1 is 1.05 bits per heavy atom. The Balaban J connectivity index is 2.05. The van der Waals surface area contributed by atoms with Gasteiger partial charge in [0, 0.05) is 26.2 Å². The second-order valence-electron chi connectivity index (χ2n) is 4.54. The first-order valence-electron chi connectivity index (χ1n) is 7.50. The van der Waals surface area contributed by atoms with Gasteiger partial charge in [0.05, 0.1) is 6.61 Å². The van der Waals surface area contributed by atoms with Gasteiger partial charge in [-0.3, -0.25) is 4.99 Å². The Labute approximate surface area is 122 Å². The van der Waals surface area contributed by atoms with Crippen LogP contribution in [0.3, 0.4) is 0 Å². The lowest BCUT2D eigenvalue weighted by Gasteiger charge is -2.09. The van der Waals surface area contributed by atoms with Crippen molar-refractivity contribution >= 4 is 5.96 Å². The van der Waals surface area contributed by atoms with Gasteiger partial charge in [0.1, 0.15) is 0 Å². The van der Waals surface area contributed by atoms with Crippen molar-refractivity contribution in [2.75, 3.05) is 26.2 Å². The van der Waals surface area contributed by atoms with Crippen LogP contribution in [0, 0.1) is 0 Å². The van der Waals surface area contributed by atoms with Crippen LogP contribution in [0.5, 0.6) is 0 Å². The van der Waals surface area contributed by atoms with E-state index < -0.39 is 0 Å². The van der Waals surface area contributed by atoms with E-state index in [0.717, 1.165) is 45.0 Å². The zero-order chi connectivity index (χ0) is 14.5. The number of guanidine groups is 1. The first-order valence-corrected chi connectivity index (χ1v) is 7.50. The number of rotatable bonds is 9. The molecule has 2 N–H and O–H groups in total. The molecule has 20 heavy (non-hydrogen) atoms. The molecule has 1 aromatic carbocycles. The maximum atomic E-state index is 5.64. The molecule has 0 atom stereocenters. The summed E-state index contributed by atoms with van der Waals surface area (Å²) in [6, 6.07) is 10.3. The largest absolute Gasteiger partial charge is 0.377 e. The van der Waals surface area contributed by atoms with Crippen LogP contribution in [0.25, 0.3) is 0 Å². The van der Waals surface area contributed by atoms with Crippen molar-refractivity contribution in [1.82, 2.24) is 10.6 Å². The number of benzene rings is 1. The Hall–Kier alpha value is -1.55. The van der Waals surface area contributed by atoms with Gasteiger partial charge >= 0.3 is 0 Å². The third kappa shape index (κ3) is 7.79. The molecule has 1 rings (SSSR count). The van der Waals surface area contributed by atoms with Crippen LogP contribution in [-0.2, 0) is 11.3 Å². The number of unbranched alkanes of at least 4 members (excludes halogenated alkanes) is 1. The van der Waals surface area contributed by atoms with Crippen LogP contribution in [0.15, 0.2) is 35.3 Å². The van der Waals surface area contributed by atoms with E-state index in [1.54, 1.807) is 0 Å². The Morgan fingerprint density at radius 3 is 2.40 bits per heavy atom. The van der Waals surface area contributed by atoms with Gasteiger partial charge in [-0.15, -0.1) is 0 Å². The van der Waals surface area contributed by atoms with E-state index in [0.29, 0.717) is 6.61 Å². The van der Waals surface area contributed by atoms with Crippen LogP contribution in [0.1, 0.15) is 32.3 Å². The smallest absolute Gasteiger partial charge is 0.191 e. The van der Waals surface area contributed by atoms with Crippen LogP contribution in [0.2, 0.25) is 0 Å². The topological polar surface area (TPSA) is 45.7 Å². The number of hydrogen-bond acceptors (Lipinski definition) is 2. The molecular formula is C16H27N3O. The second kappa shape index (κ2) is 11.3. The highest BCUT2D eigenvalue weighted by molar-refractivity contribution is 5.79. The lowest BCUT2D eigenvalue weighted by molar-refractivity contribution is 0.117. The molecule has 0 aliphatic rings. The van der Waals surface area contributed by atoms with Gasteiger partial charge in [-0.2, -0.15) is 0 Å². The van der Waals surface area contributed by atoms with E-state index in [2.05, 4.69) is 41.6 Å². The summed E-state index contributed by atoms with van der Waals surface area (Å²) in [5, 5.41) is 6.43. The minimum Gasteiger partial charge on any atom is -0.377 e. The van der Waals surface area contributed by atoms with E-state index >= 15 is 0 Å². The molecule has 0 amide bonds. The maximum Gasteiger partial charge on any atom is 0.191 e. The van der Waals surface area contributed by atoms with E-state index in [1.165, 1.54) is 5.56 Å². The van der Waals surface area contributed by atoms with Crippen molar-refractivity contribution in [3.63, 3.8) is 0 Å². The molecule has 0 bridgehead atoms. The molecule has 112 valence electrons. The summed E-state index contributed by atoms with van der Waals surface area (Å²) in [7, 11) is 0. The van der Waals surface area contributed by atoms with Crippen LogP contribution >= 0.6 is 0 Å². The van der Waals surface area contributed by atoms with Gasteiger partial charge in [0.2, 0.25) is 0 Å². The van der Waals surface area contributed by atoms with Crippen molar-refractivity contribution in [3.05, 3.63) is 35.9 Å². The number of aliphatic imine (C=N–C) groups is 1. The minimum atomic E-state index is 0.699.